The molecule has 0 bridgehead atoms. The molecule has 12 heteroatoms. The topological polar surface area (TPSA) is 124 Å². The lowest BCUT2D eigenvalue weighted by atomic mass is 10.2. The molecule has 0 atom stereocenters. The maximum absolute atomic E-state index is 12.9. The molecule has 0 radical (unpaired) electrons. The van der Waals surface area contributed by atoms with Crippen molar-refractivity contribution in [3.63, 3.8) is 0 Å². The van der Waals surface area contributed by atoms with E-state index in [1.54, 1.807) is 4.90 Å². The summed E-state index contributed by atoms with van der Waals surface area (Å²) >= 11 is 0. The van der Waals surface area contributed by atoms with E-state index in [0.29, 0.717) is 38.2 Å². The number of aromatic amines is 1. The van der Waals surface area contributed by atoms with Crippen LogP contribution >= 0.6 is 0 Å². The largest absolute Gasteiger partial charge is 0.337 e. The molecule has 1 aromatic heterocycles. The Morgan fingerprint density at radius 2 is 1.45 bits per heavy atom. The van der Waals surface area contributed by atoms with Crippen LogP contribution in [-0.4, -0.2) is 85.5 Å². The summed E-state index contributed by atoms with van der Waals surface area (Å²) < 4.78 is 53.5. The minimum atomic E-state index is -3.68. The quantitative estimate of drug-likeness (QED) is 0.691. The Morgan fingerprint density at radius 3 is 2.10 bits per heavy atom. The van der Waals surface area contributed by atoms with Crippen LogP contribution in [0.3, 0.4) is 0 Å². The second-order valence-corrected chi connectivity index (χ2v) is 11.4. The Labute approximate surface area is 182 Å². The molecule has 2 saturated heterocycles. The van der Waals surface area contributed by atoms with Gasteiger partial charge in [-0.05, 0) is 43.5 Å². The molecule has 0 unspecified atom stereocenters. The minimum absolute atomic E-state index is 0.0297. The highest BCUT2D eigenvalue weighted by Crippen LogP contribution is 2.22. The van der Waals surface area contributed by atoms with E-state index in [4.69, 9.17) is 0 Å². The van der Waals surface area contributed by atoms with E-state index < -0.39 is 20.0 Å². The number of carbonyl (C=O) groups excluding carboxylic acids is 1. The number of hydrogen-bond donors (Lipinski definition) is 1. The van der Waals surface area contributed by atoms with Gasteiger partial charge in [-0.2, -0.15) is 8.61 Å². The first kappa shape index (κ1) is 21.9. The number of nitrogens with one attached hydrogen (secondary N) is 1. The van der Waals surface area contributed by atoms with E-state index >= 15 is 0 Å². The summed E-state index contributed by atoms with van der Waals surface area (Å²) in [6.07, 6.45) is 4.80. The van der Waals surface area contributed by atoms with Gasteiger partial charge in [0, 0.05) is 44.8 Å². The maximum Gasteiger partial charge on any atom is 0.260 e. The Morgan fingerprint density at radius 1 is 0.806 bits per heavy atom. The first-order valence-electron chi connectivity index (χ1n) is 10.2. The Hall–Kier alpha value is -2.28. The van der Waals surface area contributed by atoms with Gasteiger partial charge < -0.3 is 9.88 Å². The van der Waals surface area contributed by atoms with E-state index in [1.165, 1.54) is 45.4 Å². The highest BCUT2D eigenvalue weighted by atomic mass is 32.2. The van der Waals surface area contributed by atoms with Crippen LogP contribution in [0.1, 0.15) is 29.6 Å². The third-order valence-corrected chi connectivity index (χ3v) is 9.37. The normalized spacial score (nSPS) is 19.4. The molecule has 168 valence electrons. The van der Waals surface area contributed by atoms with Gasteiger partial charge >= 0.3 is 0 Å². The van der Waals surface area contributed by atoms with Crippen LogP contribution in [0.5, 0.6) is 0 Å². The molecule has 0 aliphatic carbocycles. The SMILES string of the molecule is O=C(c1ccc(S(=O)(=O)N2CCCC2)cc1)N1CCCN(S(=O)(=O)c2cnc[nH]2)CC1. The summed E-state index contributed by atoms with van der Waals surface area (Å²) in [5.74, 6) is -0.245. The van der Waals surface area contributed by atoms with Crippen LogP contribution in [-0.2, 0) is 20.0 Å². The van der Waals surface area contributed by atoms with Gasteiger partial charge in [-0.15, -0.1) is 0 Å². The molecule has 0 spiro atoms. The molecule has 0 saturated carbocycles. The van der Waals surface area contributed by atoms with Gasteiger partial charge in [0.05, 0.1) is 17.4 Å². The van der Waals surface area contributed by atoms with Gasteiger partial charge in [-0.1, -0.05) is 0 Å². The average Bonchev–Trinajstić information content (AvgIpc) is 3.45. The molecule has 1 N–H and O–H groups in total. The summed E-state index contributed by atoms with van der Waals surface area (Å²) in [6, 6.07) is 5.98. The fraction of sp³-hybridized carbons (Fsp3) is 0.474. The molecule has 2 aromatic rings. The summed E-state index contributed by atoms with van der Waals surface area (Å²) in [5.41, 5.74) is 0.380. The van der Waals surface area contributed by atoms with Gasteiger partial charge in [0.2, 0.25) is 10.0 Å². The smallest absolute Gasteiger partial charge is 0.260 e. The zero-order valence-corrected chi connectivity index (χ0v) is 18.6. The number of nitrogens with zero attached hydrogens (tertiary/aromatic N) is 4. The first-order chi connectivity index (χ1) is 14.8. The van der Waals surface area contributed by atoms with Crippen LogP contribution < -0.4 is 0 Å². The van der Waals surface area contributed by atoms with Crippen molar-refractivity contribution in [3.8, 4) is 0 Å². The summed E-state index contributed by atoms with van der Waals surface area (Å²) in [4.78, 5) is 21.1. The lowest BCUT2D eigenvalue weighted by molar-refractivity contribution is 0.0764. The van der Waals surface area contributed by atoms with Gasteiger partial charge in [0.15, 0.2) is 5.03 Å². The number of hydrogen-bond acceptors (Lipinski definition) is 6. The third-order valence-electron chi connectivity index (χ3n) is 5.64. The van der Waals surface area contributed by atoms with Gasteiger partial charge in [-0.25, -0.2) is 21.8 Å². The first-order valence-corrected chi connectivity index (χ1v) is 13.1. The number of amides is 1. The zero-order chi connectivity index (χ0) is 22.1. The number of rotatable bonds is 5. The van der Waals surface area contributed by atoms with E-state index in [0.717, 1.165) is 12.8 Å². The average molecular weight is 468 g/mol. The standard InChI is InChI=1S/C19H25N5O5S2/c25-19(16-4-6-17(7-5-16)30(26,27)23-9-1-2-10-23)22-8-3-11-24(13-12-22)31(28,29)18-14-20-15-21-18/h4-7,14-15H,1-3,8-13H2,(H,20,21). The van der Waals surface area contributed by atoms with Crippen molar-refractivity contribution < 1.29 is 21.6 Å². The highest BCUT2D eigenvalue weighted by Gasteiger charge is 2.30. The van der Waals surface area contributed by atoms with Gasteiger partial charge in [0.25, 0.3) is 15.9 Å². The molecule has 4 rings (SSSR count). The third kappa shape index (κ3) is 4.38. The number of imidazole rings is 1. The van der Waals surface area contributed by atoms with Crippen molar-refractivity contribution in [1.29, 1.82) is 0 Å². The van der Waals surface area contributed by atoms with E-state index in [9.17, 15) is 21.6 Å². The van der Waals surface area contributed by atoms with Crippen molar-refractivity contribution in [1.82, 2.24) is 23.5 Å². The minimum Gasteiger partial charge on any atom is -0.337 e. The number of H-pyrrole nitrogens is 1. The van der Waals surface area contributed by atoms with E-state index in [2.05, 4.69) is 9.97 Å². The number of aromatic nitrogens is 2. The second kappa shape index (κ2) is 8.69. The molecule has 31 heavy (non-hydrogen) atoms. The van der Waals surface area contributed by atoms with E-state index in [1.807, 2.05) is 0 Å². The molecular weight excluding hydrogens is 442 g/mol. The molecule has 1 amide bonds. The molecule has 1 aromatic carbocycles. The summed E-state index contributed by atoms with van der Waals surface area (Å²) in [6.45, 7) is 2.19. The molecule has 2 aliphatic rings. The van der Waals surface area contributed by atoms with Crippen LogP contribution in [0.25, 0.3) is 0 Å². The Bertz CT molecular complexity index is 1120. The summed E-state index contributed by atoms with van der Waals surface area (Å²) in [5, 5.41) is 0.0297. The van der Waals surface area contributed by atoms with Gasteiger partial charge in [-0.3, -0.25) is 4.79 Å². The predicted octanol–water partition coefficient (Wildman–Crippen LogP) is 0.731. The Kier molecular flexibility index (Phi) is 6.15. The lowest BCUT2D eigenvalue weighted by Crippen LogP contribution is -2.37. The number of carbonyl (C=O) groups is 1. The number of sulfonamides is 2. The van der Waals surface area contributed by atoms with Crippen LogP contribution in [0, 0.1) is 0 Å². The monoisotopic (exact) mass is 467 g/mol. The highest BCUT2D eigenvalue weighted by molar-refractivity contribution is 7.89. The molecule has 10 nitrogen and oxygen atoms in total. The molecular formula is C19H25N5O5S2. The molecule has 2 aliphatic heterocycles. The van der Waals surface area contributed by atoms with Crippen molar-refractivity contribution in [2.24, 2.45) is 0 Å². The lowest BCUT2D eigenvalue weighted by Gasteiger charge is -2.22. The van der Waals surface area contributed by atoms with Crippen molar-refractivity contribution >= 4 is 26.0 Å². The number of benzene rings is 1. The van der Waals surface area contributed by atoms with Crippen molar-refractivity contribution in [2.45, 2.75) is 29.2 Å². The summed E-state index contributed by atoms with van der Waals surface area (Å²) in [7, 11) is -7.21. The second-order valence-electron chi connectivity index (χ2n) is 7.60. The zero-order valence-electron chi connectivity index (χ0n) is 17.0. The van der Waals surface area contributed by atoms with Crippen molar-refractivity contribution in [2.75, 3.05) is 39.3 Å². The fourth-order valence-electron chi connectivity index (χ4n) is 3.89. The van der Waals surface area contributed by atoms with Crippen LogP contribution in [0.4, 0.5) is 0 Å². The van der Waals surface area contributed by atoms with Crippen LogP contribution in [0.2, 0.25) is 0 Å². The maximum atomic E-state index is 12.9. The van der Waals surface area contributed by atoms with Gasteiger partial charge in [0.1, 0.15) is 0 Å². The molecule has 2 fully saturated rings. The van der Waals surface area contributed by atoms with E-state index in [-0.39, 0.29) is 28.9 Å². The Balaban J connectivity index is 1.44. The van der Waals surface area contributed by atoms with Crippen molar-refractivity contribution in [3.05, 3.63) is 42.4 Å². The van der Waals surface area contributed by atoms with Crippen LogP contribution in [0.15, 0.2) is 46.7 Å². The fourth-order valence-corrected chi connectivity index (χ4v) is 6.77. The molecule has 3 heterocycles. The predicted molar refractivity (Wildman–Crippen MR) is 112 cm³/mol.